The van der Waals surface area contributed by atoms with Crippen LogP contribution in [0.4, 0.5) is 0 Å². The summed E-state index contributed by atoms with van der Waals surface area (Å²) in [5.74, 6) is 0.845. The zero-order valence-electron chi connectivity index (χ0n) is 17.6. The van der Waals surface area contributed by atoms with Crippen molar-refractivity contribution in [2.75, 3.05) is 13.2 Å². The number of fused-ring (bicyclic) bond motifs is 6. The van der Waals surface area contributed by atoms with E-state index in [4.69, 9.17) is 14.2 Å². The molecule has 8 atom stereocenters. The highest BCUT2D eigenvalue weighted by Crippen LogP contribution is 2.67. The average Bonchev–Trinajstić information content (AvgIpc) is 3.16. The Kier molecular flexibility index (Phi) is 4.14. The van der Waals surface area contributed by atoms with Crippen LogP contribution in [0.2, 0.25) is 0 Å². The van der Waals surface area contributed by atoms with E-state index >= 15 is 0 Å². The summed E-state index contributed by atoms with van der Waals surface area (Å²) in [6.45, 7) is 10.6. The van der Waals surface area contributed by atoms with Crippen molar-refractivity contribution in [2.45, 2.75) is 96.7 Å². The molecule has 1 N–H and O–H groups in total. The normalized spacial score (nSPS) is 57.0. The van der Waals surface area contributed by atoms with E-state index in [2.05, 4.69) is 20.8 Å². The summed E-state index contributed by atoms with van der Waals surface area (Å²) in [5.41, 5.74) is 0.283. The van der Waals surface area contributed by atoms with Gasteiger partial charge in [-0.05, 0) is 68.1 Å². The molecule has 2 heterocycles. The van der Waals surface area contributed by atoms with E-state index < -0.39 is 11.6 Å². The smallest absolute Gasteiger partial charge is 0.174 e. The molecule has 0 amide bonds. The molecule has 2 aliphatic heterocycles. The molecule has 5 fully saturated rings. The Balaban J connectivity index is 1.53. The molecule has 0 radical (unpaired) electrons. The first-order valence-corrected chi connectivity index (χ1v) is 11.4. The largest absolute Gasteiger partial charge is 0.366 e. The second kappa shape index (κ2) is 5.93. The van der Waals surface area contributed by atoms with Gasteiger partial charge in [0.25, 0.3) is 0 Å². The first-order chi connectivity index (χ1) is 12.7. The lowest BCUT2D eigenvalue weighted by molar-refractivity contribution is -0.282. The molecular formula is C23H38O4. The standard InChI is InChI=1S/C23H38O4/c1-15-5-8-20(2)16(13-15)14-22(4,24)27-19-17(20)6-9-21(3)18(19)7-10-23(21)25-11-12-26-23/h15-19,24H,5-14H2,1-4H3/t15-,16?,17?,18?,19?,20-,21-,22?/m0/s1. The summed E-state index contributed by atoms with van der Waals surface area (Å²) in [4.78, 5) is 0. The van der Waals surface area contributed by atoms with Gasteiger partial charge in [0.15, 0.2) is 11.6 Å². The summed E-state index contributed by atoms with van der Waals surface area (Å²) >= 11 is 0. The van der Waals surface area contributed by atoms with Crippen molar-refractivity contribution < 1.29 is 19.3 Å². The predicted molar refractivity (Wildman–Crippen MR) is 103 cm³/mol. The Morgan fingerprint density at radius 3 is 2.33 bits per heavy atom. The second-order valence-corrected chi connectivity index (χ2v) is 11.2. The fraction of sp³-hybridized carbons (Fsp3) is 1.00. The molecule has 27 heavy (non-hydrogen) atoms. The van der Waals surface area contributed by atoms with Crippen molar-refractivity contribution in [1.29, 1.82) is 0 Å². The minimum Gasteiger partial charge on any atom is -0.366 e. The van der Waals surface area contributed by atoms with Gasteiger partial charge in [0.2, 0.25) is 0 Å². The van der Waals surface area contributed by atoms with Crippen LogP contribution < -0.4 is 0 Å². The molecule has 0 aromatic rings. The molecule has 5 unspecified atom stereocenters. The van der Waals surface area contributed by atoms with Crippen LogP contribution in [0, 0.1) is 34.5 Å². The zero-order chi connectivity index (χ0) is 19.1. The quantitative estimate of drug-likeness (QED) is 0.674. The maximum absolute atomic E-state index is 11.2. The number of aliphatic hydroxyl groups is 1. The molecule has 3 aliphatic carbocycles. The van der Waals surface area contributed by atoms with Crippen LogP contribution in [-0.4, -0.2) is 36.0 Å². The fourth-order valence-electron chi connectivity index (χ4n) is 8.07. The number of hydrogen-bond acceptors (Lipinski definition) is 4. The maximum Gasteiger partial charge on any atom is 0.174 e. The van der Waals surface area contributed by atoms with E-state index in [1.165, 1.54) is 25.7 Å². The lowest BCUT2D eigenvalue weighted by Gasteiger charge is -2.56. The number of hydrogen-bond donors (Lipinski definition) is 1. The summed E-state index contributed by atoms with van der Waals surface area (Å²) < 4.78 is 19.1. The van der Waals surface area contributed by atoms with Gasteiger partial charge in [0.05, 0.1) is 19.3 Å². The third-order valence-corrected chi connectivity index (χ3v) is 9.65. The molecular weight excluding hydrogens is 340 g/mol. The first kappa shape index (κ1) is 18.8. The van der Waals surface area contributed by atoms with E-state index in [9.17, 15) is 5.11 Å². The Hall–Kier alpha value is -0.160. The molecule has 0 aromatic heterocycles. The predicted octanol–water partition coefficient (Wildman–Crippen LogP) is 4.50. The SMILES string of the molecule is C[C@H]1CC[C@@]2(C)C(C1)CC(C)(O)OC1C2CC[C@@]2(C)C1CCC21OCCO1. The zero-order valence-corrected chi connectivity index (χ0v) is 17.6. The van der Waals surface area contributed by atoms with Crippen LogP contribution in [0.3, 0.4) is 0 Å². The first-order valence-electron chi connectivity index (χ1n) is 11.4. The van der Waals surface area contributed by atoms with Gasteiger partial charge < -0.3 is 19.3 Å². The van der Waals surface area contributed by atoms with Crippen molar-refractivity contribution in [3.05, 3.63) is 0 Å². The van der Waals surface area contributed by atoms with Gasteiger partial charge >= 0.3 is 0 Å². The molecule has 4 heteroatoms. The van der Waals surface area contributed by atoms with Crippen LogP contribution in [0.15, 0.2) is 0 Å². The molecule has 4 nitrogen and oxygen atoms in total. The number of rotatable bonds is 0. The molecule has 0 bridgehead atoms. The third-order valence-electron chi connectivity index (χ3n) is 9.65. The third kappa shape index (κ3) is 2.55. The lowest BCUT2D eigenvalue weighted by Crippen LogP contribution is -2.57. The van der Waals surface area contributed by atoms with E-state index in [1.54, 1.807) is 0 Å². The van der Waals surface area contributed by atoms with Crippen molar-refractivity contribution in [1.82, 2.24) is 0 Å². The fourth-order valence-corrected chi connectivity index (χ4v) is 8.07. The van der Waals surface area contributed by atoms with Gasteiger partial charge in [-0.2, -0.15) is 0 Å². The van der Waals surface area contributed by atoms with Crippen LogP contribution in [0.1, 0.15) is 79.1 Å². The van der Waals surface area contributed by atoms with Gasteiger partial charge in [0.1, 0.15) is 0 Å². The highest BCUT2D eigenvalue weighted by Gasteiger charge is 2.68. The Labute approximate surface area is 164 Å². The molecule has 3 saturated carbocycles. The van der Waals surface area contributed by atoms with E-state index in [-0.39, 0.29) is 16.9 Å². The Morgan fingerprint density at radius 1 is 0.889 bits per heavy atom. The van der Waals surface area contributed by atoms with Gasteiger partial charge in [-0.3, -0.25) is 0 Å². The van der Waals surface area contributed by atoms with E-state index in [0.717, 1.165) is 31.6 Å². The highest BCUT2D eigenvalue weighted by atomic mass is 16.7. The Bertz CT molecular complexity index is 597. The Morgan fingerprint density at radius 2 is 1.59 bits per heavy atom. The highest BCUT2D eigenvalue weighted by molar-refractivity contribution is 5.13. The molecule has 1 spiro atoms. The average molecular weight is 379 g/mol. The number of ether oxygens (including phenoxy) is 3. The van der Waals surface area contributed by atoms with E-state index in [1.807, 2.05) is 6.92 Å². The van der Waals surface area contributed by atoms with Crippen molar-refractivity contribution in [3.63, 3.8) is 0 Å². The summed E-state index contributed by atoms with van der Waals surface area (Å²) in [5, 5.41) is 11.2. The monoisotopic (exact) mass is 378 g/mol. The maximum atomic E-state index is 11.2. The molecule has 154 valence electrons. The summed E-state index contributed by atoms with van der Waals surface area (Å²) in [7, 11) is 0. The van der Waals surface area contributed by atoms with Gasteiger partial charge in [-0.15, -0.1) is 0 Å². The van der Waals surface area contributed by atoms with Crippen LogP contribution >= 0.6 is 0 Å². The molecule has 0 aromatic carbocycles. The molecule has 5 rings (SSSR count). The second-order valence-electron chi connectivity index (χ2n) is 11.2. The lowest BCUT2D eigenvalue weighted by atomic mass is 9.51. The summed E-state index contributed by atoms with van der Waals surface area (Å²) in [6.07, 6.45) is 9.11. The molecule has 5 aliphatic rings. The van der Waals surface area contributed by atoms with Gasteiger partial charge in [-0.25, -0.2) is 0 Å². The minimum absolute atomic E-state index is 0.00109. The van der Waals surface area contributed by atoms with Crippen molar-refractivity contribution >= 4 is 0 Å². The molecule has 2 saturated heterocycles. The van der Waals surface area contributed by atoms with Crippen LogP contribution in [0.5, 0.6) is 0 Å². The van der Waals surface area contributed by atoms with E-state index in [0.29, 0.717) is 31.0 Å². The summed E-state index contributed by atoms with van der Waals surface area (Å²) in [6, 6.07) is 0. The van der Waals surface area contributed by atoms with Gasteiger partial charge in [-0.1, -0.05) is 27.2 Å². The van der Waals surface area contributed by atoms with Gasteiger partial charge in [0, 0.05) is 18.3 Å². The van der Waals surface area contributed by atoms with Crippen LogP contribution in [-0.2, 0) is 14.2 Å². The topological polar surface area (TPSA) is 47.9 Å². The van der Waals surface area contributed by atoms with Crippen LogP contribution in [0.25, 0.3) is 0 Å². The van der Waals surface area contributed by atoms with Crippen molar-refractivity contribution in [2.24, 2.45) is 34.5 Å². The van der Waals surface area contributed by atoms with Crippen molar-refractivity contribution in [3.8, 4) is 0 Å². The minimum atomic E-state index is -1.02.